The average molecular weight is 290 g/mol. The van der Waals surface area contributed by atoms with Crippen molar-refractivity contribution in [1.82, 2.24) is 0 Å². The van der Waals surface area contributed by atoms with Crippen LogP contribution in [-0.2, 0) is 5.60 Å². The molecule has 1 fully saturated rings. The molecular formula is C18H26OS. The predicted molar refractivity (Wildman–Crippen MR) is 88.0 cm³/mol. The number of hydrogen-bond donors (Lipinski definition) is 1. The van der Waals surface area contributed by atoms with Gasteiger partial charge in [-0.05, 0) is 55.0 Å². The Morgan fingerprint density at radius 2 is 2.20 bits per heavy atom. The van der Waals surface area contributed by atoms with Crippen molar-refractivity contribution in [2.75, 3.05) is 0 Å². The second-order valence-electron chi connectivity index (χ2n) is 5.75. The molecule has 1 unspecified atom stereocenters. The molecule has 1 N–H and O–H groups in total. The lowest BCUT2D eigenvalue weighted by Crippen LogP contribution is -2.34. The highest BCUT2D eigenvalue weighted by Gasteiger charge is 2.42. The highest BCUT2D eigenvalue weighted by atomic mass is 32.1. The van der Waals surface area contributed by atoms with Crippen molar-refractivity contribution in [2.24, 2.45) is 5.92 Å². The maximum absolute atomic E-state index is 11.4. The summed E-state index contributed by atoms with van der Waals surface area (Å²) in [4.78, 5) is 1.08. The number of hydrogen-bond acceptors (Lipinski definition) is 2. The van der Waals surface area contributed by atoms with Gasteiger partial charge in [-0.1, -0.05) is 44.6 Å². The lowest BCUT2D eigenvalue weighted by molar-refractivity contribution is 0.0156. The van der Waals surface area contributed by atoms with Crippen molar-refractivity contribution < 1.29 is 5.11 Å². The second kappa shape index (κ2) is 7.24. The van der Waals surface area contributed by atoms with E-state index in [4.69, 9.17) is 0 Å². The first-order valence-electron chi connectivity index (χ1n) is 7.79. The van der Waals surface area contributed by atoms with Gasteiger partial charge in [0.15, 0.2) is 0 Å². The van der Waals surface area contributed by atoms with Gasteiger partial charge in [-0.3, -0.25) is 0 Å². The van der Waals surface area contributed by atoms with Crippen molar-refractivity contribution in [2.45, 2.75) is 57.5 Å². The van der Waals surface area contributed by atoms with Crippen molar-refractivity contribution in [3.05, 3.63) is 46.7 Å². The van der Waals surface area contributed by atoms with Gasteiger partial charge in [0.25, 0.3) is 0 Å². The van der Waals surface area contributed by atoms with Crippen LogP contribution in [0, 0.1) is 5.92 Å². The molecule has 1 heterocycles. The van der Waals surface area contributed by atoms with E-state index in [1.54, 1.807) is 11.3 Å². The van der Waals surface area contributed by atoms with E-state index in [9.17, 15) is 5.11 Å². The minimum Gasteiger partial charge on any atom is -0.380 e. The fourth-order valence-electron chi connectivity index (χ4n) is 3.24. The summed E-state index contributed by atoms with van der Waals surface area (Å²) in [6, 6.07) is 4.10. The smallest absolute Gasteiger partial charge is 0.122 e. The third-order valence-corrected chi connectivity index (χ3v) is 5.39. The molecule has 2 heteroatoms. The van der Waals surface area contributed by atoms with Crippen molar-refractivity contribution in [3.63, 3.8) is 0 Å². The lowest BCUT2D eigenvalue weighted by Gasteiger charge is -2.35. The van der Waals surface area contributed by atoms with E-state index in [1.165, 1.54) is 12.8 Å². The van der Waals surface area contributed by atoms with Crippen molar-refractivity contribution >= 4 is 11.3 Å². The van der Waals surface area contributed by atoms with Gasteiger partial charge in [-0.15, -0.1) is 11.3 Å². The van der Waals surface area contributed by atoms with E-state index in [-0.39, 0.29) is 0 Å². The Bertz CT molecular complexity index is 440. The van der Waals surface area contributed by atoms with Crippen LogP contribution in [0.25, 0.3) is 0 Å². The molecule has 0 spiro atoms. The van der Waals surface area contributed by atoms with Crippen LogP contribution in [0.2, 0.25) is 0 Å². The van der Waals surface area contributed by atoms with Gasteiger partial charge in [0.2, 0.25) is 0 Å². The van der Waals surface area contributed by atoms with E-state index < -0.39 is 5.60 Å². The Balaban J connectivity index is 2.14. The quantitative estimate of drug-likeness (QED) is 0.664. The van der Waals surface area contributed by atoms with Crippen LogP contribution in [0.1, 0.15) is 56.7 Å². The van der Waals surface area contributed by atoms with Gasteiger partial charge in [0, 0.05) is 4.88 Å². The van der Waals surface area contributed by atoms with Crippen LogP contribution in [-0.4, -0.2) is 5.11 Å². The van der Waals surface area contributed by atoms with Gasteiger partial charge < -0.3 is 5.11 Å². The predicted octanol–water partition coefficient (Wildman–Crippen LogP) is 5.43. The molecule has 0 aromatic carbocycles. The molecule has 20 heavy (non-hydrogen) atoms. The topological polar surface area (TPSA) is 20.2 Å². The molecule has 1 aliphatic rings. The summed E-state index contributed by atoms with van der Waals surface area (Å²) in [5.74, 6) is 0.351. The number of thiophene rings is 1. The van der Waals surface area contributed by atoms with Crippen LogP contribution >= 0.6 is 11.3 Å². The summed E-state index contributed by atoms with van der Waals surface area (Å²) in [5, 5.41) is 13.4. The third kappa shape index (κ3) is 3.24. The molecule has 0 bridgehead atoms. The van der Waals surface area contributed by atoms with E-state index >= 15 is 0 Å². The van der Waals surface area contributed by atoms with Crippen LogP contribution in [0.4, 0.5) is 0 Å². The summed E-state index contributed by atoms with van der Waals surface area (Å²) in [7, 11) is 0. The summed E-state index contributed by atoms with van der Waals surface area (Å²) in [6.45, 7) is 6.39. The number of rotatable bonds is 7. The Morgan fingerprint density at radius 3 is 2.80 bits per heavy atom. The van der Waals surface area contributed by atoms with E-state index in [2.05, 4.69) is 37.1 Å². The molecule has 1 atom stereocenters. The maximum atomic E-state index is 11.4. The minimum absolute atomic E-state index is 0.351. The average Bonchev–Trinajstić information content (AvgIpc) is 3.15. The van der Waals surface area contributed by atoms with Crippen LogP contribution < -0.4 is 0 Å². The summed E-state index contributed by atoms with van der Waals surface area (Å²) >= 11 is 1.66. The summed E-state index contributed by atoms with van der Waals surface area (Å²) in [6.07, 6.45) is 12.0. The molecule has 0 amide bonds. The van der Waals surface area contributed by atoms with Gasteiger partial charge in [0.1, 0.15) is 5.60 Å². The molecule has 0 aliphatic heterocycles. The lowest BCUT2D eigenvalue weighted by atomic mass is 9.77. The van der Waals surface area contributed by atoms with Crippen molar-refractivity contribution in [1.29, 1.82) is 0 Å². The standard InChI is InChI=1S/C18H26OS/c1-3-4-5-6-10-15(2)18(19,16-11-7-8-12-16)17-13-9-14-20-17/h4-5,9,13-14,16,19H,2-3,6-8,10-12H2,1H3/b5-4+. The van der Waals surface area contributed by atoms with Gasteiger partial charge in [0.05, 0.1) is 0 Å². The van der Waals surface area contributed by atoms with Gasteiger partial charge in [-0.25, -0.2) is 0 Å². The summed E-state index contributed by atoms with van der Waals surface area (Å²) < 4.78 is 0. The zero-order valence-electron chi connectivity index (χ0n) is 12.5. The molecule has 1 aromatic rings. The molecule has 0 radical (unpaired) electrons. The van der Waals surface area contributed by atoms with E-state index in [1.807, 2.05) is 6.07 Å². The largest absolute Gasteiger partial charge is 0.380 e. The van der Waals surface area contributed by atoms with Crippen molar-refractivity contribution in [3.8, 4) is 0 Å². The second-order valence-corrected chi connectivity index (χ2v) is 6.69. The number of allylic oxidation sites excluding steroid dienone is 2. The van der Waals surface area contributed by atoms with E-state index in [0.29, 0.717) is 5.92 Å². The third-order valence-electron chi connectivity index (χ3n) is 4.40. The highest BCUT2D eigenvalue weighted by Crippen LogP contribution is 2.47. The van der Waals surface area contributed by atoms with Gasteiger partial charge in [-0.2, -0.15) is 0 Å². The van der Waals surface area contributed by atoms with E-state index in [0.717, 1.165) is 42.6 Å². The van der Waals surface area contributed by atoms with Crippen LogP contribution in [0.15, 0.2) is 41.8 Å². The fraction of sp³-hybridized carbons (Fsp3) is 0.556. The molecule has 1 aliphatic carbocycles. The Hall–Kier alpha value is -0.860. The minimum atomic E-state index is -0.801. The monoisotopic (exact) mass is 290 g/mol. The fourth-order valence-corrected chi connectivity index (χ4v) is 4.19. The zero-order valence-corrected chi connectivity index (χ0v) is 13.3. The Labute approximate surface area is 127 Å². The Morgan fingerprint density at radius 1 is 1.45 bits per heavy atom. The SMILES string of the molecule is C=C(CC/C=C/CC)C(O)(c1cccs1)C1CCCC1. The summed E-state index contributed by atoms with van der Waals surface area (Å²) in [5.41, 5.74) is 0.192. The van der Waals surface area contributed by atoms with Crippen LogP contribution in [0.5, 0.6) is 0 Å². The van der Waals surface area contributed by atoms with Gasteiger partial charge >= 0.3 is 0 Å². The van der Waals surface area contributed by atoms with Crippen LogP contribution in [0.3, 0.4) is 0 Å². The first-order chi connectivity index (χ1) is 9.69. The molecular weight excluding hydrogens is 264 g/mol. The number of aliphatic hydroxyl groups is 1. The zero-order chi connectivity index (χ0) is 14.4. The first kappa shape index (κ1) is 15.5. The maximum Gasteiger partial charge on any atom is 0.122 e. The molecule has 1 aromatic heterocycles. The molecule has 1 saturated carbocycles. The molecule has 1 nitrogen and oxygen atoms in total. The highest BCUT2D eigenvalue weighted by molar-refractivity contribution is 7.10. The Kier molecular flexibility index (Phi) is 5.62. The molecule has 2 rings (SSSR count). The molecule has 110 valence electrons. The molecule has 0 saturated heterocycles. The normalized spacial score (nSPS) is 19.5. The first-order valence-corrected chi connectivity index (χ1v) is 8.67.